The highest BCUT2D eigenvalue weighted by Crippen LogP contribution is 2.25. The van der Waals surface area contributed by atoms with Gasteiger partial charge in [0.15, 0.2) is 0 Å². The Morgan fingerprint density at radius 3 is 2.11 bits per heavy atom. The van der Waals surface area contributed by atoms with Crippen molar-refractivity contribution in [3.63, 3.8) is 0 Å². The largest absolute Gasteiger partial charge is 0.457 e. The molecule has 0 unspecified atom stereocenters. The summed E-state index contributed by atoms with van der Waals surface area (Å²) in [5.41, 5.74) is 0. The van der Waals surface area contributed by atoms with Gasteiger partial charge in [-0.05, 0) is 24.3 Å². The van der Waals surface area contributed by atoms with Crippen LogP contribution in [0.1, 0.15) is 0 Å². The standard InChI is InChI=1S/C12H11NO4S/c13-18(14,15)17-12-8-4-7-11(9-12)16-10-5-2-1-3-6-10/h1-9H,(H2,13,14,15). The van der Waals surface area contributed by atoms with Crippen LogP contribution in [0, 0.1) is 0 Å². The third-order valence-electron chi connectivity index (χ3n) is 2.00. The molecule has 0 saturated heterocycles. The first-order valence-corrected chi connectivity index (χ1v) is 6.55. The van der Waals surface area contributed by atoms with E-state index < -0.39 is 10.3 Å². The van der Waals surface area contributed by atoms with Crippen LogP contribution in [-0.4, -0.2) is 8.42 Å². The smallest absolute Gasteiger partial charge is 0.380 e. The van der Waals surface area contributed by atoms with E-state index in [-0.39, 0.29) is 5.75 Å². The highest BCUT2D eigenvalue weighted by Gasteiger charge is 2.06. The zero-order valence-electron chi connectivity index (χ0n) is 9.31. The summed E-state index contributed by atoms with van der Waals surface area (Å²) in [6.07, 6.45) is 0. The molecule has 0 aromatic heterocycles. The maximum atomic E-state index is 10.8. The highest BCUT2D eigenvalue weighted by molar-refractivity contribution is 7.84. The van der Waals surface area contributed by atoms with Crippen LogP contribution in [-0.2, 0) is 10.3 Å². The highest BCUT2D eigenvalue weighted by atomic mass is 32.2. The lowest BCUT2D eigenvalue weighted by Crippen LogP contribution is -2.18. The fourth-order valence-corrected chi connectivity index (χ4v) is 1.72. The summed E-state index contributed by atoms with van der Waals surface area (Å²) in [7, 11) is -4.02. The Balaban J connectivity index is 2.18. The number of nitrogens with two attached hydrogens (primary N) is 1. The van der Waals surface area contributed by atoms with E-state index in [0.29, 0.717) is 11.5 Å². The van der Waals surface area contributed by atoms with Crippen molar-refractivity contribution < 1.29 is 17.3 Å². The van der Waals surface area contributed by atoms with Crippen LogP contribution < -0.4 is 14.1 Å². The molecular formula is C12H11NO4S. The minimum absolute atomic E-state index is 0.103. The molecule has 5 nitrogen and oxygen atoms in total. The Labute approximate surface area is 105 Å². The topological polar surface area (TPSA) is 78.6 Å². The second-order valence-electron chi connectivity index (χ2n) is 3.47. The van der Waals surface area contributed by atoms with Crippen molar-refractivity contribution in [3.05, 3.63) is 54.6 Å². The molecule has 0 bridgehead atoms. The number of benzene rings is 2. The summed E-state index contributed by atoms with van der Waals surface area (Å²) in [6.45, 7) is 0. The van der Waals surface area contributed by atoms with Crippen LogP contribution in [0.5, 0.6) is 17.2 Å². The Morgan fingerprint density at radius 2 is 1.44 bits per heavy atom. The lowest BCUT2D eigenvalue weighted by molar-refractivity contribution is 0.469. The van der Waals surface area contributed by atoms with Gasteiger partial charge in [-0.2, -0.15) is 13.6 Å². The molecule has 2 rings (SSSR count). The van der Waals surface area contributed by atoms with Crippen molar-refractivity contribution >= 4 is 10.3 Å². The number of hydrogen-bond acceptors (Lipinski definition) is 4. The average molecular weight is 265 g/mol. The number of para-hydroxylation sites is 1. The third-order valence-corrected chi connectivity index (χ3v) is 2.42. The zero-order chi connectivity index (χ0) is 13.0. The molecule has 0 aliphatic rings. The van der Waals surface area contributed by atoms with Crippen LogP contribution in [0.3, 0.4) is 0 Å². The van der Waals surface area contributed by atoms with E-state index in [1.165, 1.54) is 12.1 Å². The average Bonchev–Trinajstić information content (AvgIpc) is 2.28. The third kappa shape index (κ3) is 3.76. The normalized spacial score (nSPS) is 10.9. The van der Waals surface area contributed by atoms with Crippen LogP contribution >= 0.6 is 0 Å². The van der Waals surface area contributed by atoms with E-state index in [2.05, 4.69) is 4.18 Å². The van der Waals surface area contributed by atoms with Crippen LogP contribution in [0.15, 0.2) is 54.6 Å². The van der Waals surface area contributed by atoms with Crippen molar-refractivity contribution in [2.75, 3.05) is 0 Å². The summed E-state index contributed by atoms with van der Waals surface area (Å²) in [6, 6.07) is 15.3. The lowest BCUT2D eigenvalue weighted by atomic mass is 10.3. The molecule has 0 aliphatic heterocycles. The van der Waals surface area contributed by atoms with Gasteiger partial charge in [-0.25, -0.2) is 0 Å². The quantitative estimate of drug-likeness (QED) is 0.917. The Morgan fingerprint density at radius 1 is 0.833 bits per heavy atom. The van der Waals surface area contributed by atoms with Gasteiger partial charge in [0.25, 0.3) is 0 Å². The van der Waals surface area contributed by atoms with Crippen molar-refractivity contribution in [1.29, 1.82) is 0 Å². The monoisotopic (exact) mass is 265 g/mol. The van der Waals surface area contributed by atoms with Gasteiger partial charge in [0.05, 0.1) is 0 Å². The van der Waals surface area contributed by atoms with Gasteiger partial charge in [0, 0.05) is 6.07 Å². The molecule has 0 amide bonds. The Kier molecular flexibility index (Phi) is 3.50. The van der Waals surface area contributed by atoms with Crippen molar-refractivity contribution in [2.45, 2.75) is 0 Å². The molecule has 18 heavy (non-hydrogen) atoms. The number of rotatable bonds is 4. The van der Waals surface area contributed by atoms with E-state index in [0.717, 1.165) is 0 Å². The van der Waals surface area contributed by atoms with Crippen molar-refractivity contribution in [3.8, 4) is 17.2 Å². The van der Waals surface area contributed by atoms with Gasteiger partial charge in [0.2, 0.25) is 0 Å². The van der Waals surface area contributed by atoms with Gasteiger partial charge in [-0.3, -0.25) is 0 Å². The van der Waals surface area contributed by atoms with Crippen molar-refractivity contribution in [1.82, 2.24) is 0 Å². The van der Waals surface area contributed by atoms with Crippen LogP contribution in [0.2, 0.25) is 0 Å². The van der Waals surface area contributed by atoms with Crippen molar-refractivity contribution in [2.24, 2.45) is 5.14 Å². The second kappa shape index (κ2) is 5.07. The van der Waals surface area contributed by atoms with Crippen LogP contribution in [0.4, 0.5) is 0 Å². The maximum Gasteiger partial charge on any atom is 0.380 e. The molecule has 0 radical (unpaired) electrons. The fourth-order valence-electron chi connectivity index (χ4n) is 1.35. The summed E-state index contributed by atoms with van der Waals surface area (Å²) in [4.78, 5) is 0. The minimum atomic E-state index is -4.02. The van der Waals surface area contributed by atoms with Gasteiger partial charge in [0.1, 0.15) is 17.2 Å². The molecule has 0 atom stereocenters. The molecule has 2 aromatic carbocycles. The van der Waals surface area contributed by atoms with E-state index >= 15 is 0 Å². The predicted octanol–water partition coefficient (Wildman–Crippen LogP) is 2.06. The van der Waals surface area contributed by atoms with Gasteiger partial charge in [-0.1, -0.05) is 24.3 Å². The van der Waals surface area contributed by atoms with E-state index in [4.69, 9.17) is 9.88 Å². The zero-order valence-corrected chi connectivity index (χ0v) is 10.1. The predicted molar refractivity (Wildman–Crippen MR) is 66.7 cm³/mol. The fraction of sp³-hybridized carbons (Fsp3) is 0. The maximum absolute atomic E-state index is 10.8. The summed E-state index contributed by atoms with van der Waals surface area (Å²) < 4.78 is 31.6. The Hall–Kier alpha value is -2.05. The molecule has 0 spiro atoms. The summed E-state index contributed by atoms with van der Waals surface area (Å²) in [5, 5.41) is 4.78. The lowest BCUT2D eigenvalue weighted by Gasteiger charge is -2.07. The van der Waals surface area contributed by atoms with Crippen LogP contribution in [0.25, 0.3) is 0 Å². The molecule has 0 fully saturated rings. The summed E-state index contributed by atoms with van der Waals surface area (Å²) >= 11 is 0. The molecular weight excluding hydrogens is 254 g/mol. The SMILES string of the molecule is NS(=O)(=O)Oc1cccc(Oc2ccccc2)c1. The van der Waals surface area contributed by atoms with E-state index in [1.54, 1.807) is 24.3 Å². The van der Waals surface area contributed by atoms with Gasteiger partial charge >= 0.3 is 10.3 Å². The van der Waals surface area contributed by atoms with E-state index in [9.17, 15) is 8.42 Å². The first-order valence-electron chi connectivity index (χ1n) is 5.08. The molecule has 0 aliphatic carbocycles. The Bertz CT molecular complexity index is 626. The second-order valence-corrected chi connectivity index (χ2v) is 4.62. The van der Waals surface area contributed by atoms with Gasteiger partial charge in [-0.15, -0.1) is 0 Å². The van der Waals surface area contributed by atoms with E-state index in [1.807, 2.05) is 18.2 Å². The summed E-state index contributed by atoms with van der Waals surface area (Å²) in [5.74, 6) is 1.21. The molecule has 0 saturated carbocycles. The number of hydrogen-bond donors (Lipinski definition) is 1. The number of ether oxygens (including phenoxy) is 1. The molecule has 0 heterocycles. The molecule has 94 valence electrons. The first kappa shape index (κ1) is 12.4. The first-order chi connectivity index (χ1) is 8.53. The molecule has 6 heteroatoms. The minimum Gasteiger partial charge on any atom is -0.457 e. The van der Waals surface area contributed by atoms with Gasteiger partial charge < -0.3 is 8.92 Å². The molecule has 2 N–H and O–H groups in total. The molecule has 2 aromatic rings.